The Bertz CT molecular complexity index is 683. The molecule has 0 bridgehead atoms. The molecule has 0 aliphatic heterocycles. The molecule has 1 atom stereocenters. The summed E-state index contributed by atoms with van der Waals surface area (Å²) in [4.78, 5) is 12.4. The van der Waals surface area contributed by atoms with Crippen molar-refractivity contribution in [2.24, 2.45) is 5.92 Å². The first-order valence-corrected chi connectivity index (χ1v) is 8.61. The van der Waals surface area contributed by atoms with E-state index in [2.05, 4.69) is 19.2 Å². The summed E-state index contributed by atoms with van der Waals surface area (Å²) in [5, 5.41) is 3.08. The van der Waals surface area contributed by atoms with Crippen LogP contribution in [0.3, 0.4) is 0 Å². The molecule has 4 nitrogen and oxygen atoms in total. The fourth-order valence-corrected chi connectivity index (χ4v) is 2.71. The third-order valence-electron chi connectivity index (χ3n) is 3.92. The molecule has 0 aliphatic rings. The number of ether oxygens (including phenoxy) is 2. The van der Waals surface area contributed by atoms with Gasteiger partial charge in [0.05, 0.1) is 13.2 Å². The van der Waals surface area contributed by atoms with Gasteiger partial charge in [-0.1, -0.05) is 50.2 Å². The number of hydrogen-bond donors (Lipinski definition) is 1. The minimum Gasteiger partial charge on any atom is -0.493 e. The Hall–Kier alpha value is -2.49. The van der Waals surface area contributed by atoms with Crippen LogP contribution in [0.4, 0.5) is 0 Å². The first-order chi connectivity index (χ1) is 12.0. The average molecular weight is 341 g/mol. The van der Waals surface area contributed by atoms with E-state index in [1.165, 1.54) is 0 Å². The molecule has 25 heavy (non-hydrogen) atoms. The Morgan fingerprint density at radius 2 is 1.80 bits per heavy atom. The van der Waals surface area contributed by atoms with Crippen molar-refractivity contribution in [2.75, 3.05) is 13.7 Å². The van der Waals surface area contributed by atoms with Crippen molar-refractivity contribution in [3.63, 3.8) is 0 Å². The lowest BCUT2D eigenvalue weighted by atomic mass is 9.97. The maximum absolute atomic E-state index is 12.4. The molecule has 0 spiro atoms. The van der Waals surface area contributed by atoms with Gasteiger partial charge in [-0.05, 0) is 42.5 Å². The van der Waals surface area contributed by atoms with Crippen molar-refractivity contribution >= 4 is 5.91 Å². The summed E-state index contributed by atoms with van der Waals surface area (Å²) in [6.07, 6.45) is 0.879. The van der Waals surface area contributed by atoms with Crippen molar-refractivity contribution < 1.29 is 14.3 Å². The van der Waals surface area contributed by atoms with Gasteiger partial charge < -0.3 is 14.8 Å². The number of methoxy groups -OCH3 is 1. The SMILES string of the molecule is COc1cc(C)ccc1OCC(=O)NC(CC(C)C)c1ccccc1. The van der Waals surface area contributed by atoms with Gasteiger partial charge in [0.2, 0.25) is 0 Å². The van der Waals surface area contributed by atoms with E-state index in [-0.39, 0.29) is 18.6 Å². The largest absolute Gasteiger partial charge is 0.493 e. The van der Waals surface area contributed by atoms with Crippen molar-refractivity contribution in [1.29, 1.82) is 0 Å². The standard InChI is InChI=1S/C21H27NO3/c1-15(2)12-18(17-8-6-5-7-9-17)22-21(23)14-25-19-11-10-16(3)13-20(19)24-4/h5-11,13,15,18H,12,14H2,1-4H3,(H,22,23). The minimum atomic E-state index is -0.142. The second kappa shape index (κ2) is 9.11. The average Bonchev–Trinajstić information content (AvgIpc) is 2.60. The van der Waals surface area contributed by atoms with Crippen LogP contribution in [0.5, 0.6) is 11.5 Å². The molecule has 0 saturated carbocycles. The third-order valence-corrected chi connectivity index (χ3v) is 3.92. The highest BCUT2D eigenvalue weighted by atomic mass is 16.5. The molecule has 4 heteroatoms. The zero-order chi connectivity index (χ0) is 18.2. The summed E-state index contributed by atoms with van der Waals surface area (Å²) in [6.45, 7) is 6.24. The van der Waals surface area contributed by atoms with Crippen molar-refractivity contribution in [2.45, 2.75) is 33.2 Å². The van der Waals surface area contributed by atoms with Gasteiger partial charge in [-0.2, -0.15) is 0 Å². The van der Waals surface area contributed by atoms with Crippen molar-refractivity contribution in [3.8, 4) is 11.5 Å². The predicted octanol–water partition coefficient (Wildman–Crippen LogP) is 4.29. The van der Waals surface area contributed by atoms with E-state index in [9.17, 15) is 4.79 Å². The van der Waals surface area contributed by atoms with Gasteiger partial charge >= 0.3 is 0 Å². The monoisotopic (exact) mass is 341 g/mol. The van der Waals surface area contributed by atoms with Crippen LogP contribution in [-0.4, -0.2) is 19.6 Å². The summed E-state index contributed by atoms with van der Waals surface area (Å²) < 4.78 is 11.0. The molecule has 0 radical (unpaired) electrons. The lowest BCUT2D eigenvalue weighted by Crippen LogP contribution is -2.33. The molecule has 1 unspecified atom stereocenters. The summed E-state index contributed by atoms with van der Waals surface area (Å²) in [6, 6.07) is 15.7. The highest BCUT2D eigenvalue weighted by molar-refractivity contribution is 5.78. The van der Waals surface area contributed by atoms with Crippen LogP contribution in [0.1, 0.15) is 37.4 Å². The molecule has 2 aromatic carbocycles. The summed E-state index contributed by atoms with van der Waals surface area (Å²) in [5.41, 5.74) is 2.19. The molecule has 1 N–H and O–H groups in total. The van der Waals surface area contributed by atoms with Gasteiger partial charge in [0, 0.05) is 0 Å². The van der Waals surface area contributed by atoms with Crippen LogP contribution >= 0.6 is 0 Å². The number of aryl methyl sites for hydroxylation is 1. The van der Waals surface area contributed by atoms with E-state index in [0.717, 1.165) is 17.5 Å². The smallest absolute Gasteiger partial charge is 0.258 e. The zero-order valence-electron chi connectivity index (χ0n) is 15.4. The number of rotatable bonds is 8. The normalized spacial score (nSPS) is 11.9. The van der Waals surface area contributed by atoms with E-state index in [1.54, 1.807) is 7.11 Å². The van der Waals surface area contributed by atoms with E-state index < -0.39 is 0 Å². The molecule has 0 aliphatic carbocycles. The predicted molar refractivity (Wildman–Crippen MR) is 100 cm³/mol. The first-order valence-electron chi connectivity index (χ1n) is 8.61. The Morgan fingerprint density at radius 3 is 2.44 bits per heavy atom. The highest BCUT2D eigenvalue weighted by Crippen LogP contribution is 2.27. The van der Waals surface area contributed by atoms with Gasteiger partial charge in [0.15, 0.2) is 18.1 Å². The minimum absolute atomic E-state index is 0.0165. The van der Waals surface area contributed by atoms with E-state index in [1.807, 2.05) is 55.5 Å². The van der Waals surface area contributed by atoms with Crippen LogP contribution in [-0.2, 0) is 4.79 Å². The van der Waals surface area contributed by atoms with Crippen LogP contribution < -0.4 is 14.8 Å². The van der Waals surface area contributed by atoms with Crippen molar-refractivity contribution in [1.82, 2.24) is 5.32 Å². The van der Waals surface area contributed by atoms with E-state index >= 15 is 0 Å². The molecule has 134 valence electrons. The number of carbonyl (C=O) groups is 1. The molecular weight excluding hydrogens is 314 g/mol. The number of carbonyl (C=O) groups excluding carboxylic acids is 1. The van der Waals surface area contributed by atoms with E-state index in [4.69, 9.17) is 9.47 Å². The molecule has 2 aromatic rings. The second-order valence-electron chi connectivity index (χ2n) is 6.60. The molecule has 0 heterocycles. The zero-order valence-corrected chi connectivity index (χ0v) is 15.4. The quantitative estimate of drug-likeness (QED) is 0.779. The fraction of sp³-hybridized carbons (Fsp3) is 0.381. The van der Waals surface area contributed by atoms with E-state index in [0.29, 0.717) is 17.4 Å². The van der Waals surface area contributed by atoms with Gasteiger partial charge in [0.25, 0.3) is 5.91 Å². The fourth-order valence-electron chi connectivity index (χ4n) is 2.71. The number of nitrogens with one attached hydrogen (secondary N) is 1. The number of hydrogen-bond acceptors (Lipinski definition) is 3. The highest BCUT2D eigenvalue weighted by Gasteiger charge is 2.17. The Balaban J connectivity index is 1.99. The van der Waals surface area contributed by atoms with Crippen LogP contribution in [0.15, 0.2) is 48.5 Å². The molecule has 2 rings (SSSR count). The summed E-state index contributed by atoms with van der Waals surface area (Å²) in [7, 11) is 1.59. The lowest BCUT2D eigenvalue weighted by molar-refractivity contribution is -0.124. The molecule has 1 amide bonds. The van der Waals surface area contributed by atoms with Crippen LogP contribution in [0.25, 0.3) is 0 Å². The molecular formula is C21H27NO3. The summed E-state index contributed by atoms with van der Waals surface area (Å²) >= 11 is 0. The van der Waals surface area contributed by atoms with Gasteiger partial charge in [0.1, 0.15) is 0 Å². The third kappa shape index (κ3) is 5.82. The van der Waals surface area contributed by atoms with Gasteiger partial charge in [-0.15, -0.1) is 0 Å². The van der Waals surface area contributed by atoms with Crippen LogP contribution in [0, 0.1) is 12.8 Å². The summed E-state index contributed by atoms with van der Waals surface area (Å²) in [5.74, 6) is 1.54. The Kier molecular flexibility index (Phi) is 6.87. The van der Waals surface area contributed by atoms with Crippen molar-refractivity contribution in [3.05, 3.63) is 59.7 Å². The molecule has 0 saturated heterocycles. The lowest BCUT2D eigenvalue weighted by Gasteiger charge is -2.21. The maximum atomic E-state index is 12.4. The second-order valence-corrected chi connectivity index (χ2v) is 6.60. The number of benzene rings is 2. The van der Waals surface area contributed by atoms with Gasteiger partial charge in [-0.25, -0.2) is 0 Å². The topological polar surface area (TPSA) is 47.6 Å². The Morgan fingerprint density at radius 1 is 1.08 bits per heavy atom. The van der Waals surface area contributed by atoms with Gasteiger partial charge in [-0.3, -0.25) is 4.79 Å². The number of amides is 1. The maximum Gasteiger partial charge on any atom is 0.258 e. The molecule has 0 aromatic heterocycles. The molecule has 0 fully saturated rings. The first kappa shape index (κ1) is 18.8. The van der Waals surface area contributed by atoms with Crippen LogP contribution in [0.2, 0.25) is 0 Å². The Labute approximate surface area is 150 Å².